The van der Waals surface area contributed by atoms with E-state index >= 15 is 0 Å². The van der Waals surface area contributed by atoms with Gasteiger partial charge in [0.15, 0.2) is 0 Å². The molecule has 0 radical (unpaired) electrons. The fourth-order valence-corrected chi connectivity index (χ4v) is 2.12. The van der Waals surface area contributed by atoms with Gasteiger partial charge in [-0.25, -0.2) is 9.97 Å². The number of anilines is 1. The maximum absolute atomic E-state index is 10.9. The van der Waals surface area contributed by atoms with E-state index in [4.69, 9.17) is 5.73 Å². The summed E-state index contributed by atoms with van der Waals surface area (Å²) in [5.74, 6) is 1.58. The van der Waals surface area contributed by atoms with Crippen LogP contribution in [0.3, 0.4) is 0 Å². The number of hydrogen-bond donors (Lipinski definition) is 1. The van der Waals surface area contributed by atoms with E-state index in [1.807, 2.05) is 6.92 Å². The van der Waals surface area contributed by atoms with E-state index in [1.54, 1.807) is 12.1 Å². The van der Waals surface area contributed by atoms with Crippen LogP contribution in [0.5, 0.6) is 0 Å². The molecule has 1 aliphatic carbocycles. The molecule has 0 spiro atoms. The molecule has 1 saturated carbocycles. The quantitative estimate of drug-likeness (QED) is 0.683. The van der Waals surface area contributed by atoms with Crippen LogP contribution < -0.4 is 5.73 Å². The SMILES string of the molecule is Cc1c(N)nc(C2CC2)nc1-c1cccc([N+](=O)[O-])c1. The summed E-state index contributed by atoms with van der Waals surface area (Å²) in [6.07, 6.45) is 2.16. The van der Waals surface area contributed by atoms with Crippen LogP contribution in [0, 0.1) is 17.0 Å². The van der Waals surface area contributed by atoms with Crippen molar-refractivity contribution in [2.75, 3.05) is 5.73 Å². The molecular weight excluding hydrogens is 256 g/mol. The van der Waals surface area contributed by atoms with Crippen LogP contribution in [0.2, 0.25) is 0 Å². The first-order valence-corrected chi connectivity index (χ1v) is 6.45. The second-order valence-corrected chi connectivity index (χ2v) is 5.02. The lowest BCUT2D eigenvalue weighted by molar-refractivity contribution is -0.384. The van der Waals surface area contributed by atoms with Gasteiger partial charge in [0.25, 0.3) is 5.69 Å². The van der Waals surface area contributed by atoms with Gasteiger partial charge < -0.3 is 5.73 Å². The minimum absolute atomic E-state index is 0.0482. The van der Waals surface area contributed by atoms with Gasteiger partial charge in [-0.2, -0.15) is 0 Å². The summed E-state index contributed by atoms with van der Waals surface area (Å²) in [7, 11) is 0. The smallest absolute Gasteiger partial charge is 0.270 e. The Bertz CT molecular complexity index is 696. The standard InChI is InChI=1S/C14H14N4O2/c1-8-12(10-3-2-4-11(7-10)18(19)20)16-14(9-5-6-9)17-13(8)15/h2-4,7,9H,5-6H2,1H3,(H2,15,16,17). The first-order valence-electron chi connectivity index (χ1n) is 6.45. The lowest BCUT2D eigenvalue weighted by Gasteiger charge is -2.09. The highest BCUT2D eigenvalue weighted by Crippen LogP contribution is 2.39. The Balaban J connectivity index is 2.13. The molecule has 1 aromatic heterocycles. The third kappa shape index (κ3) is 2.20. The van der Waals surface area contributed by atoms with Crippen LogP contribution in [0.25, 0.3) is 11.3 Å². The Morgan fingerprint density at radius 3 is 2.75 bits per heavy atom. The fourth-order valence-electron chi connectivity index (χ4n) is 2.12. The molecule has 1 aromatic carbocycles. The van der Waals surface area contributed by atoms with Gasteiger partial charge in [-0.15, -0.1) is 0 Å². The minimum Gasteiger partial charge on any atom is -0.383 e. The summed E-state index contributed by atoms with van der Waals surface area (Å²) in [4.78, 5) is 19.3. The number of non-ortho nitro benzene ring substituents is 1. The van der Waals surface area contributed by atoms with E-state index in [0.717, 1.165) is 24.2 Å². The zero-order chi connectivity index (χ0) is 14.3. The summed E-state index contributed by atoms with van der Waals surface area (Å²) in [5, 5.41) is 10.9. The molecule has 2 aromatic rings. The van der Waals surface area contributed by atoms with Crippen molar-refractivity contribution in [3.8, 4) is 11.3 Å². The van der Waals surface area contributed by atoms with Gasteiger partial charge in [-0.05, 0) is 19.8 Å². The van der Waals surface area contributed by atoms with E-state index in [1.165, 1.54) is 12.1 Å². The van der Waals surface area contributed by atoms with E-state index in [9.17, 15) is 10.1 Å². The normalized spacial score (nSPS) is 14.2. The van der Waals surface area contributed by atoms with Gasteiger partial charge >= 0.3 is 0 Å². The average Bonchev–Trinajstić information content (AvgIpc) is 3.26. The second kappa shape index (κ2) is 4.56. The number of nitro groups is 1. The molecule has 102 valence electrons. The van der Waals surface area contributed by atoms with Crippen molar-refractivity contribution in [2.24, 2.45) is 0 Å². The zero-order valence-corrected chi connectivity index (χ0v) is 11.0. The van der Waals surface area contributed by atoms with Crippen molar-refractivity contribution in [3.05, 3.63) is 45.8 Å². The van der Waals surface area contributed by atoms with Crippen molar-refractivity contribution in [2.45, 2.75) is 25.7 Å². The summed E-state index contributed by atoms with van der Waals surface area (Å²) < 4.78 is 0. The fraction of sp³-hybridized carbons (Fsp3) is 0.286. The first kappa shape index (κ1) is 12.5. The van der Waals surface area contributed by atoms with Gasteiger partial charge in [0.2, 0.25) is 0 Å². The molecule has 0 aliphatic heterocycles. The third-order valence-corrected chi connectivity index (χ3v) is 3.47. The van der Waals surface area contributed by atoms with E-state index < -0.39 is 4.92 Å². The molecule has 6 nitrogen and oxygen atoms in total. The molecule has 2 N–H and O–H groups in total. The highest BCUT2D eigenvalue weighted by atomic mass is 16.6. The van der Waals surface area contributed by atoms with Crippen molar-refractivity contribution >= 4 is 11.5 Å². The van der Waals surface area contributed by atoms with Crippen molar-refractivity contribution < 1.29 is 4.92 Å². The number of nitrogens with zero attached hydrogens (tertiary/aromatic N) is 3. The van der Waals surface area contributed by atoms with E-state index in [0.29, 0.717) is 23.0 Å². The second-order valence-electron chi connectivity index (χ2n) is 5.02. The highest BCUT2D eigenvalue weighted by molar-refractivity contribution is 5.69. The Morgan fingerprint density at radius 1 is 1.35 bits per heavy atom. The number of aromatic nitrogens is 2. The monoisotopic (exact) mass is 270 g/mol. The number of nitrogen functional groups attached to an aromatic ring is 1. The van der Waals surface area contributed by atoms with Crippen LogP contribution in [0.1, 0.15) is 30.1 Å². The largest absolute Gasteiger partial charge is 0.383 e. The van der Waals surface area contributed by atoms with E-state index in [2.05, 4.69) is 9.97 Å². The van der Waals surface area contributed by atoms with Crippen molar-refractivity contribution in [1.29, 1.82) is 0 Å². The molecule has 0 saturated heterocycles. The lowest BCUT2D eigenvalue weighted by Crippen LogP contribution is -2.04. The predicted octanol–water partition coefficient (Wildman–Crippen LogP) is 2.82. The van der Waals surface area contributed by atoms with E-state index in [-0.39, 0.29) is 5.69 Å². The summed E-state index contributed by atoms with van der Waals surface area (Å²) >= 11 is 0. The molecule has 1 heterocycles. The van der Waals surface area contributed by atoms with Gasteiger partial charge in [0.05, 0.1) is 10.6 Å². The van der Waals surface area contributed by atoms with Crippen LogP contribution in [0.4, 0.5) is 11.5 Å². The lowest BCUT2D eigenvalue weighted by atomic mass is 10.1. The minimum atomic E-state index is -0.412. The number of rotatable bonds is 3. The maximum atomic E-state index is 10.9. The number of hydrogen-bond acceptors (Lipinski definition) is 5. The molecule has 6 heteroatoms. The number of benzene rings is 1. The zero-order valence-electron chi connectivity index (χ0n) is 11.0. The third-order valence-electron chi connectivity index (χ3n) is 3.47. The van der Waals surface area contributed by atoms with Crippen LogP contribution in [-0.4, -0.2) is 14.9 Å². The average molecular weight is 270 g/mol. The summed E-state index contributed by atoms with van der Waals surface area (Å²) in [5.41, 5.74) is 8.13. The highest BCUT2D eigenvalue weighted by Gasteiger charge is 2.28. The Kier molecular flexibility index (Phi) is 2.85. The van der Waals surface area contributed by atoms with Crippen LogP contribution in [-0.2, 0) is 0 Å². The van der Waals surface area contributed by atoms with Crippen LogP contribution in [0.15, 0.2) is 24.3 Å². The first-order chi connectivity index (χ1) is 9.56. The molecule has 1 aliphatic rings. The Hall–Kier alpha value is -2.50. The van der Waals surface area contributed by atoms with Gasteiger partial charge in [0, 0.05) is 29.2 Å². The van der Waals surface area contributed by atoms with Gasteiger partial charge in [0.1, 0.15) is 11.6 Å². The van der Waals surface area contributed by atoms with Crippen LogP contribution >= 0.6 is 0 Å². The topological polar surface area (TPSA) is 94.9 Å². The maximum Gasteiger partial charge on any atom is 0.270 e. The Labute approximate surface area is 115 Å². The predicted molar refractivity (Wildman–Crippen MR) is 75.2 cm³/mol. The van der Waals surface area contributed by atoms with Gasteiger partial charge in [-0.3, -0.25) is 10.1 Å². The molecule has 0 atom stereocenters. The van der Waals surface area contributed by atoms with Crippen molar-refractivity contribution in [1.82, 2.24) is 9.97 Å². The number of nitro benzene ring substituents is 1. The number of nitrogens with two attached hydrogens (primary N) is 1. The molecule has 20 heavy (non-hydrogen) atoms. The molecule has 0 bridgehead atoms. The molecule has 1 fully saturated rings. The Morgan fingerprint density at radius 2 is 2.10 bits per heavy atom. The molecule has 0 unspecified atom stereocenters. The molecule has 3 rings (SSSR count). The van der Waals surface area contributed by atoms with Crippen molar-refractivity contribution in [3.63, 3.8) is 0 Å². The molecular formula is C14H14N4O2. The summed E-state index contributed by atoms with van der Waals surface area (Å²) in [6.45, 7) is 1.83. The van der Waals surface area contributed by atoms with Gasteiger partial charge in [-0.1, -0.05) is 12.1 Å². The molecule has 0 amide bonds. The summed E-state index contributed by atoms with van der Waals surface area (Å²) in [6, 6.07) is 6.44.